The van der Waals surface area contributed by atoms with E-state index in [1.165, 1.54) is 5.01 Å². The van der Waals surface area contributed by atoms with Crippen molar-refractivity contribution in [2.75, 3.05) is 73.2 Å². The molecule has 2 aromatic carbocycles. The van der Waals surface area contributed by atoms with Gasteiger partial charge in [-0.25, -0.2) is 5.43 Å². The maximum atomic E-state index is 14.9. The molecule has 1 unspecified atom stereocenters. The lowest BCUT2D eigenvalue weighted by molar-refractivity contribution is -0.155. The van der Waals surface area contributed by atoms with Gasteiger partial charge in [0.05, 0.1) is 54.7 Å². The minimum Gasteiger partial charge on any atom is -0.464 e. The summed E-state index contributed by atoms with van der Waals surface area (Å²) in [6, 6.07) is 16.8. The van der Waals surface area contributed by atoms with Crippen LogP contribution in [0.5, 0.6) is 0 Å². The van der Waals surface area contributed by atoms with E-state index in [1.807, 2.05) is 46.0 Å². The Bertz CT molecular complexity index is 2850. The number of nitrogens with one attached hydrogen (secondary N) is 2. The molecule has 4 fully saturated rings. The van der Waals surface area contributed by atoms with E-state index in [2.05, 4.69) is 89.2 Å². The number of aromatic nitrogens is 2. The highest BCUT2D eigenvalue weighted by Crippen LogP contribution is 2.43. The van der Waals surface area contributed by atoms with Gasteiger partial charge in [-0.2, -0.15) is 0 Å². The topological polar surface area (TPSA) is 168 Å². The van der Waals surface area contributed by atoms with Crippen LogP contribution >= 0.6 is 0 Å². The van der Waals surface area contributed by atoms with Crippen LogP contribution in [0.2, 0.25) is 0 Å². The molecule has 2 aromatic heterocycles. The van der Waals surface area contributed by atoms with Gasteiger partial charge in [0.25, 0.3) is 11.8 Å². The number of hydrogen-bond donors (Lipinski definition) is 2. The van der Waals surface area contributed by atoms with Crippen molar-refractivity contribution in [1.29, 1.82) is 0 Å². The van der Waals surface area contributed by atoms with Crippen LogP contribution < -0.4 is 10.7 Å². The number of aryl methyl sites for hydroxylation is 1. The number of morpholine rings is 1. The standard InChI is InChI=1S/C58H74N8O8/c1-9-65-49-19-17-41-31-44(49)45(52(65)43-15-11-23-59-51(43)38(4)72-8)32-57(5,6)36-74-55(70)47-16-12-24-66(61-47)54(69)48(30-39-13-10-14-40(41)29-39)60-53(68)46(37(2)3)33-63-25-21-58(56(63)71)22-26-64(35-58)50(67)20-18-42-34-73-28-27-62(42)7/h10-11,13-15,17,19,23,29,31,37-38,42,46-48,61H,9,12,16,21-22,24-28,30,32-36H2,1-8H3,(H,60,68)/t38-,42-,46-,47?,48-,58+/m0/s1. The van der Waals surface area contributed by atoms with Crippen molar-refractivity contribution in [2.45, 2.75) is 111 Å². The van der Waals surface area contributed by atoms with Crippen LogP contribution in [0.25, 0.3) is 33.3 Å². The third-order valence-corrected chi connectivity index (χ3v) is 16.2. The molecule has 5 aliphatic rings. The molecule has 0 saturated carbocycles. The number of likely N-dealkylation sites (tertiary alicyclic amines) is 2. The molecule has 4 saturated heterocycles. The second kappa shape index (κ2) is 22.0. The van der Waals surface area contributed by atoms with E-state index < -0.39 is 34.8 Å². The van der Waals surface area contributed by atoms with Gasteiger partial charge >= 0.3 is 5.97 Å². The first-order valence-corrected chi connectivity index (χ1v) is 26.6. The van der Waals surface area contributed by atoms with Gasteiger partial charge in [0, 0.05) is 87.4 Å². The van der Waals surface area contributed by atoms with Crippen LogP contribution in [0.3, 0.4) is 0 Å². The van der Waals surface area contributed by atoms with E-state index in [4.69, 9.17) is 19.2 Å². The molecule has 9 rings (SSSR count). The Morgan fingerprint density at radius 2 is 1.80 bits per heavy atom. The molecule has 7 heterocycles. The van der Waals surface area contributed by atoms with Gasteiger partial charge in [-0.05, 0) is 111 Å². The van der Waals surface area contributed by atoms with Crippen LogP contribution in [0.4, 0.5) is 0 Å². The zero-order valence-electron chi connectivity index (χ0n) is 44.5. The fourth-order valence-electron chi connectivity index (χ4n) is 11.7. The minimum atomic E-state index is -1.01. The average molecular weight is 1010 g/mol. The summed E-state index contributed by atoms with van der Waals surface area (Å²) in [6.45, 7) is 16.7. The second-order valence-electron chi connectivity index (χ2n) is 22.3. The predicted molar refractivity (Wildman–Crippen MR) is 282 cm³/mol. The number of hydrogen-bond acceptors (Lipinski definition) is 11. The molecule has 16 heteroatoms. The molecule has 6 atom stereocenters. The second-order valence-corrected chi connectivity index (χ2v) is 22.3. The summed E-state index contributed by atoms with van der Waals surface area (Å²) in [7, 11) is 3.66. The number of amides is 4. The van der Waals surface area contributed by atoms with Gasteiger partial charge in [-0.1, -0.05) is 63.9 Å². The summed E-state index contributed by atoms with van der Waals surface area (Å²) < 4.78 is 19.9. The van der Waals surface area contributed by atoms with Gasteiger partial charge in [0.1, 0.15) is 12.1 Å². The largest absolute Gasteiger partial charge is 0.464 e. The Labute approximate surface area is 435 Å². The molecule has 394 valence electrons. The van der Waals surface area contributed by atoms with E-state index in [0.717, 1.165) is 56.7 Å². The Balaban J connectivity index is 1.00. The lowest BCUT2D eigenvalue weighted by atomic mass is 9.84. The van der Waals surface area contributed by atoms with Crippen molar-refractivity contribution in [2.24, 2.45) is 22.7 Å². The number of fused-ring (bicyclic) bond motifs is 6. The third-order valence-electron chi connectivity index (χ3n) is 16.2. The first-order chi connectivity index (χ1) is 35.5. The normalized spacial score (nSPS) is 24.4. The zero-order valence-corrected chi connectivity index (χ0v) is 44.5. The number of pyridine rings is 1. The average Bonchev–Trinajstić information content (AvgIpc) is 4.08. The number of esters is 1. The fraction of sp³-hybridized carbons (Fsp3) is 0.552. The molecule has 74 heavy (non-hydrogen) atoms. The summed E-state index contributed by atoms with van der Waals surface area (Å²) >= 11 is 0. The van der Waals surface area contributed by atoms with Crippen molar-refractivity contribution in [3.05, 3.63) is 77.6 Å². The highest BCUT2D eigenvalue weighted by molar-refractivity contribution is 5.97. The molecule has 2 N–H and O–H groups in total. The lowest BCUT2D eigenvalue weighted by Crippen LogP contribution is -2.61. The zero-order chi connectivity index (χ0) is 52.5. The molecular formula is C58H74N8O8. The molecule has 5 aliphatic heterocycles. The number of hydrazine groups is 1. The van der Waals surface area contributed by atoms with Gasteiger partial charge in [0.2, 0.25) is 11.8 Å². The number of likely N-dealkylation sites (N-methyl/N-ethyl adjacent to an activating group) is 1. The molecule has 16 nitrogen and oxygen atoms in total. The number of carbonyl (C=O) groups excluding carboxylic acids is 5. The third kappa shape index (κ3) is 10.8. The van der Waals surface area contributed by atoms with E-state index in [-0.39, 0.29) is 67.8 Å². The van der Waals surface area contributed by atoms with Crippen molar-refractivity contribution in [1.82, 2.24) is 40.0 Å². The van der Waals surface area contributed by atoms with E-state index >= 15 is 0 Å². The molecular weight excluding hydrogens is 937 g/mol. The SMILES string of the molecule is CCn1c(-c2cccnc2[C@H](C)OC)c2c3cc(ccc31)-c1cccc(c1)C[C@H](NC(=O)[C@@H](CN1CC[C@]3(CCN(C(=O)C#C[C@H]4COCCN4C)C3)C1=O)C(C)C)C(=O)N1CCCC(N1)C(=O)OCC(C)(C)C2. The van der Waals surface area contributed by atoms with Gasteiger partial charge in [-0.15, -0.1) is 0 Å². The smallest absolute Gasteiger partial charge is 0.324 e. The molecule has 4 aromatic rings. The number of methoxy groups -OCH3 is 1. The maximum Gasteiger partial charge on any atom is 0.324 e. The quantitative estimate of drug-likeness (QED) is 0.154. The van der Waals surface area contributed by atoms with Gasteiger partial charge in [0.15, 0.2) is 0 Å². The van der Waals surface area contributed by atoms with Crippen LogP contribution in [0, 0.1) is 34.5 Å². The number of benzene rings is 2. The van der Waals surface area contributed by atoms with Crippen LogP contribution in [0.15, 0.2) is 60.8 Å². The highest BCUT2D eigenvalue weighted by Gasteiger charge is 2.52. The maximum absolute atomic E-state index is 14.9. The Kier molecular flexibility index (Phi) is 15.7. The van der Waals surface area contributed by atoms with Crippen molar-refractivity contribution in [3.63, 3.8) is 0 Å². The van der Waals surface area contributed by atoms with Crippen molar-refractivity contribution >= 4 is 40.5 Å². The highest BCUT2D eigenvalue weighted by atomic mass is 16.5. The van der Waals surface area contributed by atoms with E-state index in [1.54, 1.807) is 23.1 Å². The summed E-state index contributed by atoms with van der Waals surface area (Å²) in [5.41, 5.74) is 9.86. The fourth-order valence-corrected chi connectivity index (χ4v) is 11.7. The predicted octanol–water partition coefficient (Wildman–Crippen LogP) is 5.80. The lowest BCUT2D eigenvalue weighted by Gasteiger charge is -2.36. The molecule has 1 spiro atoms. The number of ether oxygens (including phenoxy) is 3. The van der Waals surface area contributed by atoms with Crippen LogP contribution in [-0.2, 0) is 57.6 Å². The van der Waals surface area contributed by atoms with E-state index in [9.17, 15) is 24.0 Å². The van der Waals surface area contributed by atoms with Crippen molar-refractivity contribution < 1.29 is 38.2 Å². The van der Waals surface area contributed by atoms with E-state index in [0.29, 0.717) is 71.5 Å². The summed E-state index contributed by atoms with van der Waals surface area (Å²) in [5.74, 6) is 3.59. The Morgan fingerprint density at radius 1 is 1.00 bits per heavy atom. The summed E-state index contributed by atoms with van der Waals surface area (Å²) in [4.78, 5) is 81.6. The van der Waals surface area contributed by atoms with Gasteiger partial charge < -0.3 is 33.9 Å². The van der Waals surface area contributed by atoms with Crippen LogP contribution in [-0.4, -0.2) is 150 Å². The van der Waals surface area contributed by atoms with Crippen LogP contribution in [0.1, 0.15) is 90.2 Å². The Morgan fingerprint density at radius 3 is 2.57 bits per heavy atom. The number of nitrogens with zero attached hydrogens (tertiary/aromatic N) is 6. The first kappa shape index (κ1) is 52.7. The minimum absolute atomic E-state index is 0.0575. The van der Waals surface area contributed by atoms with Gasteiger partial charge in [-0.3, -0.25) is 38.9 Å². The number of rotatable bonds is 9. The monoisotopic (exact) mass is 1010 g/mol. The van der Waals surface area contributed by atoms with Crippen molar-refractivity contribution in [3.8, 4) is 34.2 Å². The summed E-state index contributed by atoms with van der Waals surface area (Å²) in [5, 5.41) is 5.72. The molecule has 4 amide bonds. The Hall–Kier alpha value is -6.12. The number of carbonyl (C=O) groups is 5. The first-order valence-electron chi connectivity index (χ1n) is 26.6. The molecule has 0 aliphatic carbocycles. The molecule has 6 bridgehead atoms. The number of cyclic esters (lactones) is 1. The summed E-state index contributed by atoms with van der Waals surface area (Å²) in [6.07, 6.45) is 4.47. The molecule has 0 radical (unpaired) electrons.